The van der Waals surface area contributed by atoms with Gasteiger partial charge in [-0.1, -0.05) is 17.7 Å². The third-order valence-corrected chi connectivity index (χ3v) is 5.75. The van der Waals surface area contributed by atoms with Crippen LogP contribution in [0.25, 0.3) is 11.0 Å². The van der Waals surface area contributed by atoms with Crippen molar-refractivity contribution in [3.63, 3.8) is 0 Å². The first kappa shape index (κ1) is 16.6. The number of carboxylic acid groups (broad SMARTS) is 1. The van der Waals surface area contributed by atoms with Crippen molar-refractivity contribution in [1.82, 2.24) is 15.0 Å². The number of nitrogens with one attached hydrogen (secondary N) is 1. The number of hydrogen-bond acceptors (Lipinski definition) is 4. The van der Waals surface area contributed by atoms with Gasteiger partial charge in [0.1, 0.15) is 0 Å². The van der Waals surface area contributed by atoms with Gasteiger partial charge in [-0.15, -0.1) is 0 Å². The minimum atomic E-state index is -0.960. The first-order valence-corrected chi connectivity index (χ1v) is 9.41. The van der Waals surface area contributed by atoms with E-state index in [1.54, 1.807) is 0 Å². The number of hydrogen-bond donors (Lipinski definition) is 2. The lowest BCUT2D eigenvalue weighted by Crippen LogP contribution is -2.38. The molecule has 1 saturated carbocycles. The van der Waals surface area contributed by atoms with Crippen LogP contribution in [-0.2, 0) is 0 Å². The van der Waals surface area contributed by atoms with Crippen molar-refractivity contribution < 1.29 is 9.90 Å². The van der Waals surface area contributed by atoms with Crippen molar-refractivity contribution in [2.45, 2.75) is 18.9 Å². The van der Waals surface area contributed by atoms with Gasteiger partial charge in [-0.05, 0) is 43.0 Å². The molecule has 27 heavy (non-hydrogen) atoms. The topological polar surface area (TPSA) is 72.5 Å². The van der Waals surface area contributed by atoms with Crippen LogP contribution < -0.4 is 5.01 Å². The molecule has 1 fully saturated rings. The number of halogens is 1. The molecule has 0 spiro atoms. The third kappa shape index (κ3) is 2.67. The Hall–Kier alpha value is -2.57. The molecule has 1 aliphatic carbocycles. The fourth-order valence-electron chi connectivity index (χ4n) is 4.00. The summed E-state index contributed by atoms with van der Waals surface area (Å²) in [5.41, 5.74) is 4.66. The van der Waals surface area contributed by atoms with Crippen LogP contribution in [0.4, 0.5) is 5.69 Å². The molecule has 138 valence electrons. The highest BCUT2D eigenvalue weighted by Crippen LogP contribution is 2.46. The summed E-state index contributed by atoms with van der Waals surface area (Å²) in [5, 5.41) is 14.7. The van der Waals surface area contributed by atoms with Gasteiger partial charge in [0.05, 0.1) is 28.3 Å². The molecule has 2 aliphatic rings. The van der Waals surface area contributed by atoms with Gasteiger partial charge in [-0.3, -0.25) is 4.98 Å². The first-order valence-electron chi connectivity index (χ1n) is 9.03. The predicted molar refractivity (Wildman–Crippen MR) is 104 cm³/mol. The molecule has 0 radical (unpaired) electrons. The van der Waals surface area contributed by atoms with Crippen LogP contribution in [0.2, 0.25) is 5.02 Å². The van der Waals surface area contributed by atoms with E-state index < -0.39 is 5.97 Å². The van der Waals surface area contributed by atoms with Gasteiger partial charge in [0, 0.05) is 36.1 Å². The summed E-state index contributed by atoms with van der Waals surface area (Å²) < 4.78 is 0. The summed E-state index contributed by atoms with van der Waals surface area (Å²) in [4.78, 5) is 19.2. The quantitative estimate of drug-likeness (QED) is 0.711. The number of carbonyl (C=O) groups is 1. The number of rotatable bonds is 4. The van der Waals surface area contributed by atoms with E-state index in [0.29, 0.717) is 11.0 Å². The lowest BCUT2D eigenvalue weighted by Gasteiger charge is -2.30. The second-order valence-corrected chi connectivity index (χ2v) is 7.79. The zero-order valence-corrected chi connectivity index (χ0v) is 15.6. The summed E-state index contributed by atoms with van der Waals surface area (Å²) in [6, 6.07) is 9.42. The maximum Gasteiger partial charge on any atom is 0.337 e. The van der Waals surface area contributed by atoms with E-state index >= 15 is 0 Å². The molecule has 0 amide bonds. The molecule has 2 N–H and O–H groups in total. The van der Waals surface area contributed by atoms with E-state index in [1.165, 1.54) is 25.1 Å². The predicted octanol–water partition coefficient (Wildman–Crippen LogP) is 4.08. The lowest BCUT2D eigenvalue weighted by molar-refractivity contribution is 0.0698. The molecule has 1 aliphatic heterocycles. The number of anilines is 1. The number of H-pyrrole nitrogens is 1. The molecule has 0 bridgehead atoms. The lowest BCUT2D eigenvalue weighted by atomic mass is 10.0. The number of benzene rings is 1. The highest BCUT2D eigenvalue weighted by atomic mass is 35.5. The van der Waals surface area contributed by atoms with Crippen LogP contribution in [0, 0.1) is 5.92 Å². The van der Waals surface area contributed by atoms with Gasteiger partial charge in [-0.2, -0.15) is 0 Å². The van der Waals surface area contributed by atoms with Crippen LogP contribution in [-0.4, -0.2) is 39.6 Å². The van der Waals surface area contributed by atoms with Crippen LogP contribution >= 0.6 is 11.6 Å². The molecule has 1 atom stereocenters. The largest absolute Gasteiger partial charge is 0.478 e. The average molecular weight is 383 g/mol. The molecular formula is C20H19ClN4O2. The molecule has 1 unspecified atom stereocenters. The Labute approximate surface area is 161 Å². The molecule has 5 rings (SSSR count). The molecule has 3 heterocycles. The second kappa shape index (κ2) is 5.97. The number of nitrogens with zero attached hydrogens (tertiary/aromatic N) is 3. The minimum Gasteiger partial charge on any atom is -0.478 e. The van der Waals surface area contributed by atoms with E-state index in [-0.39, 0.29) is 11.6 Å². The average Bonchev–Trinajstić information content (AvgIpc) is 3.29. The SMILES string of the molecule is CN1C(c2cc3nccc(C(=O)O)c3[nH]2)c2ccc(Cl)cc2N1CC1CC1. The smallest absolute Gasteiger partial charge is 0.337 e. The first-order chi connectivity index (χ1) is 13.0. The molecule has 7 heteroatoms. The summed E-state index contributed by atoms with van der Waals surface area (Å²) in [6.45, 7) is 0.971. The Morgan fingerprint density at radius 3 is 2.89 bits per heavy atom. The number of hydrazine groups is 1. The van der Waals surface area contributed by atoms with Gasteiger partial charge in [0.2, 0.25) is 0 Å². The van der Waals surface area contributed by atoms with E-state index in [1.807, 2.05) is 18.2 Å². The Morgan fingerprint density at radius 1 is 1.33 bits per heavy atom. The maximum absolute atomic E-state index is 11.5. The summed E-state index contributed by atoms with van der Waals surface area (Å²) >= 11 is 6.27. The Kier molecular flexibility index (Phi) is 3.67. The van der Waals surface area contributed by atoms with E-state index in [4.69, 9.17) is 11.6 Å². The van der Waals surface area contributed by atoms with Crippen molar-refractivity contribution in [1.29, 1.82) is 0 Å². The highest BCUT2D eigenvalue weighted by Gasteiger charge is 2.38. The van der Waals surface area contributed by atoms with Crippen LogP contribution in [0.5, 0.6) is 0 Å². The van der Waals surface area contributed by atoms with E-state index in [0.717, 1.165) is 34.4 Å². The van der Waals surface area contributed by atoms with Gasteiger partial charge in [0.25, 0.3) is 0 Å². The molecule has 6 nitrogen and oxygen atoms in total. The van der Waals surface area contributed by atoms with Crippen molar-refractivity contribution in [3.05, 3.63) is 58.4 Å². The normalized spacial score (nSPS) is 19.6. The van der Waals surface area contributed by atoms with E-state index in [2.05, 4.69) is 33.1 Å². The van der Waals surface area contributed by atoms with E-state index in [9.17, 15) is 9.90 Å². The number of pyridine rings is 1. The van der Waals surface area contributed by atoms with Gasteiger partial charge < -0.3 is 15.1 Å². The van der Waals surface area contributed by atoms with Crippen LogP contribution in [0.1, 0.15) is 40.5 Å². The number of aromatic carboxylic acids is 1. The van der Waals surface area contributed by atoms with Crippen molar-refractivity contribution in [3.8, 4) is 0 Å². The van der Waals surface area contributed by atoms with Crippen LogP contribution in [0.3, 0.4) is 0 Å². The maximum atomic E-state index is 11.5. The third-order valence-electron chi connectivity index (χ3n) is 5.51. The highest BCUT2D eigenvalue weighted by molar-refractivity contribution is 6.30. The van der Waals surface area contributed by atoms with Gasteiger partial charge in [-0.25, -0.2) is 9.80 Å². The number of fused-ring (bicyclic) bond motifs is 2. The summed E-state index contributed by atoms with van der Waals surface area (Å²) in [7, 11) is 2.07. The zero-order valence-electron chi connectivity index (χ0n) is 14.8. The molecule has 0 saturated heterocycles. The molecule has 1 aromatic carbocycles. The standard InChI is InChI=1S/C20H19ClN4O2/c1-24-19(16-9-15-18(23-16)14(20(26)27)6-7-22-15)13-5-4-12(21)8-17(13)25(24)10-11-2-3-11/h4-9,11,19,23H,2-3,10H2,1H3,(H,26,27). The fourth-order valence-corrected chi connectivity index (χ4v) is 4.16. The number of carboxylic acids is 1. The monoisotopic (exact) mass is 382 g/mol. The van der Waals surface area contributed by atoms with Crippen LogP contribution in [0.15, 0.2) is 36.5 Å². The van der Waals surface area contributed by atoms with Gasteiger partial charge in [0.15, 0.2) is 0 Å². The Morgan fingerprint density at radius 2 is 2.15 bits per heavy atom. The number of aromatic nitrogens is 2. The van der Waals surface area contributed by atoms with Crippen molar-refractivity contribution in [2.24, 2.45) is 5.92 Å². The van der Waals surface area contributed by atoms with Crippen molar-refractivity contribution >= 4 is 34.3 Å². The Balaban J connectivity index is 1.63. The molecule has 2 aromatic heterocycles. The number of aromatic amines is 1. The van der Waals surface area contributed by atoms with Gasteiger partial charge >= 0.3 is 5.97 Å². The zero-order chi connectivity index (χ0) is 18.7. The molecular weight excluding hydrogens is 364 g/mol. The summed E-state index contributed by atoms with van der Waals surface area (Å²) in [6.07, 6.45) is 4.07. The Bertz CT molecular complexity index is 1060. The minimum absolute atomic E-state index is 0.0353. The fraction of sp³-hybridized carbons (Fsp3) is 0.300. The van der Waals surface area contributed by atoms with Crippen molar-refractivity contribution in [2.75, 3.05) is 18.6 Å². The second-order valence-electron chi connectivity index (χ2n) is 7.35. The summed E-state index contributed by atoms with van der Waals surface area (Å²) in [5.74, 6) is -0.237. The molecule has 3 aromatic rings.